The average molecular weight is 312 g/mol. The number of carbonyl (C=O) groups is 1. The third-order valence-electron chi connectivity index (χ3n) is 2.18. The van der Waals surface area contributed by atoms with E-state index in [1.165, 1.54) is 11.3 Å². The van der Waals surface area contributed by atoms with Crippen molar-refractivity contribution in [1.82, 2.24) is 14.9 Å². The Bertz CT molecular complexity index is 498. The topological polar surface area (TPSA) is 46.1 Å². The highest BCUT2D eigenvalue weighted by Crippen LogP contribution is 2.10. The van der Waals surface area contributed by atoms with E-state index in [9.17, 15) is 4.79 Å². The highest BCUT2D eigenvalue weighted by molar-refractivity contribution is 9.10. The zero-order valence-electron chi connectivity index (χ0n) is 9.13. The van der Waals surface area contributed by atoms with Gasteiger partial charge in [-0.1, -0.05) is 0 Å². The number of hydrogen-bond acceptors (Lipinski definition) is 4. The van der Waals surface area contributed by atoms with Crippen molar-refractivity contribution in [2.75, 3.05) is 7.05 Å². The van der Waals surface area contributed by atoms with E-state index < -0.39 is 0 Å². The number of carbonyl (C=O) groups excluding carboxylic acids is 1. The van der Waals surface area contributed by atoms with Gasteiger partial charge in [0.15, 0.2) is 0 Å². The Morgan fingerprint density at radius 1 is 1.47 bits per heavy atom. The molecular weight excluding hydrogens is 302 g/mol. The minimum atomic E-state index is -0.106. The van der Waals surface area contributed by atoms with E-state index in [1.807, 2.05) is 5.38 Å². The zero-order chi connectivity index (χ0) is 12.3. The molecule has 4 nitrogen and oxygen atoms in total. The summed E-state index contributed by atoms with van der Waals surface area (Å²) in [6.45, 7) is 0.500. The smallest absolute Gasteiger partial charge is 0.272 e. The van der Waals surface area contributed by atoms with Gasteiger partial charge in [-0.3, -0.25) is 4.79 Å². The number of halogens is 1. The molecule has 0 saturated heterocycles. The third kappa shape index (κ3) is 3.10. The molecule has 2 rings (SSSR count). The second kappa shape index (κ2) is 5.37. The largest absolute Gasteiger partial charge is 0.334 e. The maximum absolute atomic E-state index is 12.0. The van der Waals surface area contributed by atoms with Gasteiger partial charge in [0.2, 0.25) is 0 Å². The van der Waals surface area contributed by atoms with E-state index in [0.717, 1.165) is 10.2 Å². The molecule has 0 aliphatic rings. The van der Waals surface area contributed by atoms with Gasteiger partial charge in [0.25, 0.3) is 5.91 Å². The van der Waals surface area contributed by atoms with Gasteiger partial charge < -0.3 is 4.90 Å². The van der Waals surface area contributed by atoms with Crippen LogP contribution in [0.25, 0.3) is 0 Å². The predicted molar refractivity (Wildman–Crippen MR) is 69.8 cm³/mol. The van der Waals surface area contributed by atoms with E-state index in [-0.39, 0.29) is 5.91 Å². The summed E-state index contributed by atoms with van der Waals surface area (Å²) in [4.78, 5) is 21.8. The van der Waals surface area contributed by atoms with E-state index in [2.05, 4.69) is 25.9 Å². The molecule has 88 valence electrons. The standard InChI is InChI=1S/C11H10BrN3OS/c1-15(5-9-6-17-7-14-9)11(16)10-3-2-8(12)4-13-10/h2-4,6-7H,5H2,1H3. The van der Waals surface area contributed by atoms with Crippen LogP contribution in [0.5, 0.6) is 0 Å². The van der Waals surface area contributed by atoms with E-state index >= 15 is 0 Å². The van der Waals surface area contributed by atoms with Crippen LogP contribution >= 0.6 is 27.3 Å². The van der Waals surface area contributed by atoms with Crippen molar-refractivity contribution in [3.05, 3.63) is 45.1 Å². The summed E-state index contributed by atoms with van der Waals surface area (Å²) in [5.74, 6) is -0.106. The van der Waals surface area contributed by atoms with Gasteiger partial charge in [-0.25, -0.2) is 9.97 Å². The summed E-state index contributed by atoms with van der Waals surface area (Å²) in [5.41, 5.74) is 3.08. The van der Waals surface area contributed by atoms with Crippen molar-refractivity contribution < 1.29 is 4.79 Å². The van der Waals surface area contributed by atoms with Crippen LogP contribution in [0.3, 0.4) is 0 Å². The fraction of sp³-hybridized carbons (Fsp3) is 0.182. The molecule has 0 bridgehead atoms. The van der Waals surface area contributed by atoms with Crippen molar-refractivity contribution in [3.63, 3.8) is 0 Å². The highest BCUT2D eigenvalue weighted by atomic mass is 79.9. The zero-order valence-corrected chi connectivity index (χ0v) is 11.5. The van der Waals surface area contributed by atoms with Crippen LogP contribution < -0.4 is 0 Å². The number of rotatable bonds is 3. The molecule has 0 saturated carbocycles. The molecule has 6 heteroatoms. The lowest BCUT2D eigenvalue weighted by atomic mass is 10.3. The molecule has 17 heavy (non-hydrogen) atoms. The molecule has 0 spiro atoms. The predicted octanol–water partition coefficient (Wildman–Crippen LogP) is 2.57. The van der Waals surface area contributed by atoms with Crippen LogP contribution in [-0.4, -0.2) is 27.8 Å². The van der Waals surface area contributed by atoms with Crippen LogP contribution in [-0.2, 0) is 6.54 Å². The molecule has 0 radical (unpaired) electrons. The van der Waals surface area contributed by atoms with E-state index in [1.54, 1.807) is 35.8 Å². The van der Waals surface area contributed by atoms with Crippen molar-refractivity contribution in [1.29, 1.82) is 0 Å². The second-order valence-electron chi connectivity index (χ2n) is 3.50. The molecule has 2 heterocycles. The van der Waals surface area contributed by atoms with Crippen molar-refractivity contribution in [3.8, 4) is 0 Å². The normalized spacial score (nSPS) is 10.2. The van der Waals surface area contributed by atoms with Crippen molar-refractivity contribution in [2.24, 2.45) is 0 Å². The van der Waals surface area contributed by atoms with Crippen LogP contribution in [0.1, 0.15) is 16.2 Å². The first-order valence-corrected chi connectivity index (χ1v) is 6.64. The monoisotopic (exact) mass is 311 g/mol. The van der Waals surface area contributed by atoms with Gasteiger partial charge in [0.05, 0.1) is 17.7 Å². The summed E-state index contributed by atoms with van der Waals surface area (Å²) in [6.07, 6.45) is 1.61. The van der Waals surface area contributed by atoms with E-state index in [4.69, 9.17) is 0 Å². The molecule has 0 N–H and O–H groups in total. The third-order valence-corrected chi connectivity index (χ3v) is 3.28. The number of aromatic nitrogens is 2. The van der Waals surface area contributed by atoms with Crippen LogP contribution in [0.4, 0.5) is 0 Å². The molecule has 0 unspecified atom stereocenters. The Kier molecular flexibility index (Phi) is 3.86. The number of hydrogen-bond donors (Lipinski definition) is 0. The lowest BCUT2D eigenvalue weighted by Gasteiger charge is -2.15. The SMILES string of the molecule is CN(Cc1cscn1)C(=O)c1ccc(Br)cn1. The average Bonchev–Trinajstić information content (AvgIpc) is 2.82. The Labute approximate surface area is 111 Å². The molecule has 1 amide bonds. The number of pyridine rings is 1. The molecule has 2 aromatic heterocycles. The minimum Gasteiger partial charge on any atom is -0.334 e. The van der Waals surface area contributed by atoms with E-state index in [0.29, 0.717) is 12.2 Å². The van der Waals surface area contributed by atoms with Crippen molar-refractivity contribution >= 4 is 33.2 Å². The highest BCUT2D eigenvalue weighted by Gasteiger charge is 2.13. The lowest BCUT2D eigenvalue weighted by Crippen LogP contribution is -2.27. The Morgan fingerprint density at radius 2 is 2.29 bits per heavy atom. The first-order chi connectivity index (χ1) is 8.16. The van der Waals surface area contributed by atoms with Gasteiger partial charge in [-0.15, -0.1) is 11.3 Å². The maximum atomic E-state index is 12.0. The van der Waals surface area contributed by atoms with Crippen LogP contribution in [0.2, 0.25) is 0 Å². The summed E-state index contributed by atoms with van der Waals surface area (Å²) < 4.78 is 0.858. The van der Waals surface area contributed by atoms with Gasteiger partial charge in [0, 0.05) is 23.1 Å². The summed E-state index contributed by atoms with van der Waals surface area (Å²) in [6, 6.07) is 3.50. The number of amides is 1. The summed E-state index contributed by atoms with van der Waals surface area (Å²) >= 11 is 4.80. The summed E-state index contributed by atoms with van der Waals surface area (Å²) in [7, 11) is 1.74. The van der Waals surface area contributed by atoms with Gasteiger partial charge >= 0.3 is 0 Å². The molecule has 2 aromatic rings. The first-order valence-electron chi connectivity index (χ1n) is 4.91. The Balaban J connectivity index is 2.07. The fourth-order valence-electron chi connectivity index (χ4n) is 1.33. The molecule has 0 aromatic carbocycles. The quantitative estimate of drug-likeness (QED) is 0.875. The maximum Gasteiger partial charge on any atom is 0.272 e. The Morgan fingerprint density at radius 3 is 2.88 bits per heavy atom. The van der Waals surface area contributed by atoms with Crippen LogP contribution in [0.15, 0.2) is 33.7 Å². The number of thiazole rings is 1. The fourth-order valence-corrected chi connectivity index (χ4v) is 2.11. The molecule has 0 aliphatic heterocycles. The van der Waals surface area contributed by atoms with Crippen LogP contribution in [0, 0.1) is 0 Å². The lowest BCUT2D eigenvalue weighted by molar-refractivity contribution is 0.0778. The molecule has 0 atom stereocenters. The summed E-state index contributed by atoms with van der Waals surface area (Å²) in [5, 5.41) is 1.93. The molecular formula is C11H10BrN3OS. The van der Waals surface area contributed by atoms with Gasteiger partial charge in [0.1, 0.15) is 5.69 Å². The minimum absolute atomic E-state index is 0.106. The van der Waals surface area contributed by atoms with Gasteiger partial charge in [-0.05, 0) is 28.1 Å². The first kappa shape index (κ1) is 12.2. The van der Waals surface area contributed by atoms with Crippen molar-refractivity contribution in [2.45, 2.75) is 6.54 Å². The van der Waals surface area contributed by atoms with Gasteiger partial charge in [-0.2, -0.15) is 0 Å². The Hall–Kier alpha value is -1.27. The molecule has 0 fully saturated rings. The number of nitrogens with zero attached hydrogens (tertiary/aromatic N) is 3. The molecule has 0 aliphatic carbocycles. The second-order valence-corrected chi connectivity index (χ2v) is 5.14.